The van der Waals surface area contributed by atoms with Crippen molar-refractivity contribution in [3.05, 3.63) is 0 Å². The molecule has 3 N–H and O–H groups in total. The van der Waals surface area contributed by atoms with Crippen LogP contribution in [-0.4, -0.2) is 35.2 Å². The van der Waals surface area contributed by atoms with Crippen molar-refractivity contribution in [1.29, 1.82) is 0 Å². The third kappa shape index (κ3) is 4.94. The number of hydrogen-bond acceptors (Lipinski definition) is 3. The topological polar surface area (TPSA) is 61.4 Å². The number of amides is 1. The van der Waals surface area contributed by atoms with Gasteiger partial charge in [-0.1, -0.05) is 12.8 Å². The predicted molar refractivity (Wildman–Crippen MR) is 64.2 cm³/mol. The number of carbonyl (C=O) groups excluding carboxylic acids is 1. The van der Waals surface area contributed by atoms with E-state index in [2.05, 4.69) is 10.6 Å². The molecule has 0 aromatic heterocycles. The van der Waals surface area contributed by atoms with Gasteiger partial charge in [-0.25, -0.2) is 0 Å². The van der Waals surface area contributed by atoms with Gasteiger partial charge in [0.1, 0.15) is 0 Å². The SMILES string of the molecule is CC(C)(C)NCC(=O)NCC1(O)CCCC1. The summed E-state index contributed by atoms with van der Waals surface area (Å²) in [7, 11) is 0. The Labute approximate surface area is 97.8 Å². The fourth-order valence-corrected chi connectivity index (χ4v) is 1.88. The van der Waals surface area contributed by atoms with Crippen LogP contribution in [0, 0.1) is 0 Å². The van der Waals surface area contributed by atoms with Gasteiger partial charge in [0.15, 0.2) is 0 Å². The lowest BCUT2D eigenvalue weighted by Gasteiger charge is -2.24. The molecule has 1 rings (SSSR count). The minimum atomic E-state index is -0.655. The quantitative estimate of drug-likeness (QED) is 0.667. The molecule has 1 aliphatic carbocycles. The van der Waals surface area contributed by atoms with Crippen LogP contribution in [0.1, 0.15) is 46.5 Å². The van der Waals surface area contributed by atoms with Gasteiger partial charge in [-0.05, 0) is 33.6 Å². The first-order valence-corrected chi connectivity index (χ1v) is 6.05. The molecule has 0 radical (unpaired) electrons. The Morgan fingerprint density at radius 2 is 1.88 bits per heavy atom. The molecule has 1 amide bonds. The molecule has 0 aliphatic heterocycles. The van der Waals surface area contributed by atoms with E-state index in [9.17, 15) is 9.90 Å². The minimum absolute atomic E-state index is 0.0461. The van der Waals surface area contributed by atoms with Gasteiger partial charge >= 0.3 is 0 Å². The highest BCUT2D eigenvalue weighted by atomic mass is 16.3. The average molecular weight is 228 g/mol. The maximum absolute atomic E-state index is 11.5. The number of aliphatic hydroxyl groups is 1. The van der Waals surface area contributed by atoms with E-state index < -0.39 is 5.60 Å². The summed E-state index contributed by atoms with van der Waals surface area (Å²) < 4.78 is 0. The summed E-state index contributed by atoms with van der Waals surface area (Å²) in [5.74, 6) is -0.0461. The van der Waals surface area contributed by atoms with Crippen LogP contribution < -0.4 is 10.6 Å². The maximum Gasteiger partial charge on any atom is 0.234 e. The number of rotatable bonds is 4. The van der Waals surface area contributed by atoms with Crippen molar-refractivity contribution >= 4 is 5.91 Å². The first-order valence-electron chi connectivity index (χ1n) is 6.05. The number of nitrogens with one attached hydrogen (secondary N) is 2. The van der Waals surface area contributed by atoms with Crippen molar-refractivity contribution in [2.45, 2.75) is 57.6 Å². The Bertz CT molecular complexity index is 240. The first-order chi connectivity index (χ1) is 7.31. The van der Waals surface area contributed by atoms with Crippen molar-refractivity contribution < 1.29 is 9.90 Å². The van der Waals surface area contributed by atoms with Crippen LogP contribution in [0.2, 0.25) is 0 Å². The lowest BCUT2D eigenvalue weighted by atomic mass is 10.0. The zero-order valence-electron chi connectivity index (χ0n) is 10.6. The second kappa shape index (κ2) is 5.15. The van der Waals surface area contributed by atoms with Crippen molar-refractivity contribution in [3.63, 3.8) is 0 Å². The molecule has 0 aromatic carbocycles. The molecule has 4 nitrogen and oxygen atoms in total. The maximum atomic E-state index is 11.5. The highest BCUT2D eigenvalue weighted by Gasteiger charge is 2.31. The van der Waals surface area contributed by atoms with E-state index in [4.69, 9.17) is 0 Å². The number of carbonyl (C=O) groups is 1. The molecule has 0 bridgehead atoms. The van der Waals surface area contributed by atoms with Crippen LogP contribution in [0.3, 0.4) is 0 Å². The molecule has 16 heavy (non-hydrogen) atoms. The lowest BCUT2D eigenvalue weighted by Crippen LogP contribution is -2.47. The monoisotopic (exact) mass is 228 g/mol. The Morgan fingerprint density at radius 1 is 1.31 bits per heavy atom. The summed E-state index contributed by atoms with van der Waals surface area (Å²) >= 11 is 0. The van der Waals surface area contributed by atoms with Crippen molar-refractivity contribution in [1.82, 2.24) is 10.6 Å². The first kappa shape index (κ1) is 13.5. The van der Waals surface area contributed by atoms with Gasteiger partial charge in [0.25, 0.3) is 0 Å². The van der Waals surface area contributed by atoms with Gasteiger partial charge < -0.3 is 15.7 Å². The molecule has 0 heterocycles. The molecule has 1 aliphatic rings. The zero-order valence-corrected chi connectivity index (χ0v) is 10.6. The third-order valence-corrected chi connectivity index (χ3v) is 2.93. The normalized spacial score (nSPS) is 19.8. The van der Waals surface area contributed by atoms with Crippen LogP contribution in [0.15, 0.2) is 0 Å². The Balaban J connectivity index is 2.20. The van der Waals surface area contributed by atoms with Crippen LogP contribution in [0.4, 0.5) is 0 Å². The summed E-state index contributed by atoms with van der Waals surface area (Å²) in [6.45, 7) is 6.75. The standard InChI is InChI=1S/C12H24N2O2/c1-11(2,3)14-8-10(15)13-9-12(16)6-4-5-7-12/h14,16H,4-9H2,1-3H3,(H,13,15). The largest absolute Gasteiger partial charge is 0.388 e. The molecule has 0 saturated heterocycles. The molecule has 0 aromatic rings. The summed E-state index contributed by atoms with van der Waals surface area (Å²) in [5.41, 5.74) is -0.709. The summed E-state index contributed by atoms with van der Waals surface area (Å²) in [6.07, 6.45) is 3.74. The van der Waals surface area contributed by atoms with Crippen LogP contribution in [0.5, 0.6) is 0 Å². The molecule has 1 saturated carbocycles. The Kier molecular flexibility index (Phi) is 4.33. The molecule has 0 spiro atoms. The van der Waals surface area contributed by atoms with E-state index in [1.54, 1.807) is 0 Å². The van der Waals surface area contributed by atoms with Crippen molar-refractivity contribution in [2.75, 3.05) is 13.1 Å². The van der Waals surface area contributed by atoms with Gasteiger partial charge in [0, 0.05) is 12.1 Å². The predicted octanol–water partition coefficient (Wildman–Crippen LogP) is 0.796. The van der Waals surface area contributed by atoms with Crippen molar-refractivity contribution in [2.24, 2.45) is 0 Å². The zero-order chi connectivity index (χ0) is 12.2. The summed E-state index contributed by atoms with van der Waals surface area (Å²) in [5, 5.41) is 15.9. The second-order valence-electron chi connectivity index (χ2n) is 5.81. The fourth-order valence-electron chi connectivity index (χ4n) is 1.88. The molecule has 4 heteroatoms. The molecule has 0 unspecified atom stereocenters. The molecule has 1 fully saturated rings. The molecule has 94 valence electrons. The second-order valence-corrected chi connectivity index (χ2v) is 5.81. The smallest absolute Gasteiger partial charge is 0.234 e. The van der Waals surface area contributed by atoms with E-state index in [1.165, 1.54) is 0 Å². The number of hydrogen-bond donors (Lipinski definition) is 3. The van der Waals surface area contributed by atoms with Gasteiger partial charge in [-0.2, -0.15) is 0 Å². The molecular weight excluding hydrogens is 204 g/mol. The third-order valence-electron chi connectivity index (χ3n) is 2.93. The van der Waals surface area contributed by atoms with Crippen LogP contribution in [-0.2, 0) is 4.79 Å². The van der Waals surface area contributed by atoms with Gasteiger partial charge in [-0.3, -0.25) is 4.79 Å². The molecular formula is C12H24N2O2. The highest BCUT2D eigenvalue weighted by molar-refractivity contribution is 5.78. The van der Waals surface area contributed by atoms with Gasteiger partial charge in [0.05, 0.1) is 12.1 Å². The molecule has 0 atom stereocenters. The van der Waals surface area contributed by atoms with Gasteiger partial charge in [-0.15, -0.1) is 0 Å². The fraction of sp³-hybridized carbons (Fsp3) is 0.917. The van der Waals surface area contributed by atoms with Crippen LogP contribution in [0.25, 0.3) is 0 Å². The summed E-state index contributed by atoms with van der Waals surface area (Å²) in [4.78, 5) is 11.5. The van der Waals surface area contributed by atoms with Crippen molar-refractivity contribution in [3.8, 4) is 0 Å². The highest BCUT2D eigenvalue weighted by Crippen LogP contribution is 2.28. The van der Waals surface area contributed by atoms with E-state index in [0.29, 0.717) is 13.1 Å². The average Bonchev–Trinajstić information content (AvgIpc) is 2.59. The van der Waals surface area contributed by atoms with E-state index in [0.717, 1.165) is 25.7 Å². The Morgan fingerprint density at radius 3 is 2.38 bits per heavy atom. The minimum Gasteiger partial charge on any atom is -0.388 e. The van der Waals surface area contributed by atoms with E-state index in [1.807, 2.05) is 20.8 Å². The van der Waals surface area contributed by atoms with E-state index >= 15 is 0 Å². The van der Waals surface area contributed by atoms with Gasteiger partial charge in [0.2, 0.25) is 5.91 Å². The lowest BCUT2D eigenvalue weighted by molar-refractivity contribution is -0.121. The van der Waals surface area contributed by atoms with Crippen LogP contribution >= 0.6 is 0 Å². The Hall–Kier alpha value is -0.610. The van der Waals surface area contributed by atoms with E-state index in [-0.39, 0.29) is 11.4 Å². The summed E-state index contributed by atoms with van der Waals surface area (Å²) in [6, 6.07) is 0.